The van der Waals surface area contributed by atoms with Crippen molar-refractivity contribution in [3.63, 3.8) is 0 Å². The highest BCUT2D eigenvalue weighted by Gasteiger charge is 2.39. The first-order valence-corrected chi connectivity index (χ1v) is 10.4. The average Bonchev–Trinajstić information content (AvgIpc) is 3.12. The van der Waals surface area contributed by atoms with Crippen LogP contribution in [0.4, 0.5) is 17.1 Å². The van der Waals surface area contributed by atoms with E-state index >= 15 is 0 Å². The number of ether oxygens (including phenoxy) is 1. The quantitative estimate of drug-likeness (QED) is 0.421. The smallest absolute Gasteiger partial charge is 0.251 e. The molecule has 0 saturated carbocycles. The van der Waals surface area contributed by atoms with Gasteiger partial charge in [0.2, 0.25) is 5.91 Å². The summed E-state index contributed by atoms with van der Waals surface area (Å²) < 4.78 is 5.16. The minimum Gasteiger partial charge on any atom is -0.497 e. The van der Waals surface area contributed by atoms with Gasteiger partial charge in [-0.25, -0.2) is 4.90 Å². The fourth-order valence-electron chi connectivity index (χ4n) is 3.52. The lowest BCUT2D eigenvalue weighted by atomic mass is 10.1. The zero-order valence-corrected chi connectivity index (χ0v) is 17.8. The van der Waals surface area contributed by atoms with E-state index in [2.05, 4.69) is 15.5 Å². The van der Waals surface area contributed by atoms with Crippen LogP contribution in [0.3, 0.4) is 0 Å². The molecule has 1 atom stereocenters. The second-order valence-electron chi connectivity index (χ2n) is 7.43. The molecule has 2 amide bonds. The Balaban J connectivity index is 1.34. The molecule has 0 bridgehead atoms. The average molecular weight is 428 g/mol. The molecule has 0 unspecified atom stereocenters. The van der Waals surface area contributed by atoms with Crippen LogP contribution in [0.15, 0.2) is 89.1 Å². The van der Waals surface area contributed by atoms with Gasteiger partial charge in [0.1, 0.15) is 5.75 Å². The minimum absolute atomic E-state index is 0.150. The lowest BCUT2D eigenvalue weighted by Crippen LogP contribution is -2.39. The molecule has 4 rings (SSSR count). The van der Waals surface area contributed by atoms with Crippen LogP contribution in [0.1, 0.15) is 12.0 Å². The number of imide groups is 1. The monoisotopic (exact) mass is 428 g/mol. The van der Waals surface area contributed by atoms with Gasteiger partial charge in [0.15, 0.2) is 0 Å². The molecular formula is C25H24N4O3. The fourth-order valence-corrected chi connectivity index (χ4v) is 3.52. The summed E-state index contributed by atoms with van der Waals surface area (Å²) in [6.45, 7) is 0.600. The normalized spacial score (nSPS) is 16.2. The lowest BCUT2D eigenvalue weighted by Gasteiger charge is -2.15. The highest BCUT2D eigenvalue weighted by molar-refractivity contribution is 6.22. The standard InChI is InChI=1S/C25H24N4O3/c1-32-22-13-7-18(8-14-22)15-16-26-23-17-24(30)29(25(23)31)21-11-9-20(10-12-21)28-27-19-5-3-2-4-6-19/h2-14,23,26H,15-17H2,1H3/t23-/m1/s1. The van der Waals surface area contributed by atoms with Crippen molar-refractivity contribution in [2.45, 2.75) is 18.9 Å². The summed E-state index contributed by atoms with van der Waals surface area (Å²) in [5.74, 6) is 0.362. The van der Waals surface area contributed by atoms with Gasteiger partial charge in [-0.05, 0) is 67.1 Å². The number of nitrogens with one attached hydrogen (secondary N) is 1. The number of carbonyl (C=O) groups is 2. The van der Waals surface area contributed by atoms with E-state index in [9.17, 15) is 9.59 Å². The molecule has 1 saturated heterocycles. The van der Waals surface area contributed by atoms with Crippen molar-refractivity contribution in [3.05, 3.63) is 84.4 Å². The van der Waals surface area contributed by atoms with Crippen LogP contribution >= 0.6 is 0 Å². The molecule has 32 heavy (non-hydrogen) atoms. The number of hydrogen-bond donors (Lipinski definition) is 1. The first kappa shape index (κ1) is 21.4. The fraction of sp³-hybridized carbons (Fsp3) is 0.200. The van der Waals surface area contributed by atoms with Gasteiger partial charge in [-0.2, -0.15) is 10.2 Å². The summed E-state index contributed by atoms with van der Waals surface area (Å²) in [4.78, 5) is 26.6. The van der Waals surface area contributed by atoms with E-state index in [0.717, 1.165) is 23.4 Å². The van der Waals surface area contributed by atoms with Gasteiger partial charge >= 0.3 is 0 Å². The third-order valence-corrected chi connectivity index (χ3v) is 5.26. The Bertz CT molecular complexity index is 1100. The molecule has 7 heteroatoms. The van der Waals surface area contributed by atoms with Gasteiger partial charge < -0.3 is 10.1 Å². The summed E-state index contributed by atoms with van der Waals surface area (Å²) in [5.41, 5.74) is 3.07. The van der Waals surface area contributed by atoms with Crippen LogP contribution < -0.4 is 15.0 Å². The Morgan fingerprint density at radius 3 is 2.22 bits per heavy atom. The molecule has 1 aliphatic heterocycles. The summed E-state index contributed by atoms with van der Waals surface area (Å²) in [6, 6.07) is 23.6. The topological polar surface area (TPSA) is 83.4 Å². The van der Waals surface area contributed by atoms with Gasteiger partial charge in [-0.15, -0.1) is 0 Å². The molecule has 0 aromatic heterocycles. The van der Waals surface area contributed by atoms with E-state index in [4.69, 9.17) is 4.74 Å². The number of hydrogen-bond acceptors (Lipinski definition) is 6. The largest absolute Gasteiger partial charge is 0.497 e. The Kier molecular flexibility index (Phi) is 6.67. The molecule has 1 fully saturated rings. The summed E-state index contributed by atoms with van der Waals surface area (Å²) in [6.07, 6.45) is 0.903. The zero-order valence-electron chi connectivity index (χ0n) is 17.8. The molecule has 3 aromatic carbocycles. The number of methoxy groups -OCH3 is 1. The van der Waals surface area contributed by atoms with Crippen LogP contribution in [0, 0.1) is 0 Å². The van der Waals surface area contributed by atoms with Crippen molar-refractivity contribution in [3.8, 4) is 5.75 Å². The van der Waals surface area contributed by atoms with E-state index in [1.165, 1.54) is 4.90 Å². The third-order valence-electron chi connectivity index (χ3n) is 5.26. The van der Waals surface area contributed by atoms with E-state index in [1.54, 1.807) is 31.4 Å². The predicted octanol–water partition coefficient (Wildman–Crippen LogP) is 4.57. The minimum atomic E-state index is -0.516. The highest BCUT2D eigenvalue weighted by Crippen LogP contribution is 2.26. The molecule has 0 radical (unpaired) electrons. The number of rotatable bonds is 8. The van der Waals surface area contributed by atoms with Gasteiger partial charge in [0, 0.05) is 0 Å². The SMILES string of the molecule is COc1ccc(CCN[C@@H]2CC(=O)N(c3ccc(N=Nc4ccccc4)cc3)C2=O)cc1. The van der Waals surface area contributed by atoms with Crippen LogP contribution in [0.25, 0.3) is 0 Å². The maximum atomic E-state index is 12.8. The Labute approximate surface area is 186 Å². The van der Waals surface area contributed by atoms with Crippen molar-refractivity contribution in [1.29, 1.82) is 0 Å². The van der Waals surface area contributed by atoms with Crippen molar-refractivity contribution in [2.24, 2.45) is 10.2 Å². The van der Waals surface area contributed by atoms with E-state index in [1.807, 2.05) is 54.6 Å². The number of nitrogens with zero attached hydrogens (tertiary/aromatic N) is 3. The molecule has 0 spiro atoms. The van der Waals surface area contributed by atoms with E-state index in [0.29, 0.717) is 17.9 Å². The molecule has 0 aliphatic carbocycles. The van der Waals surface area contributed by atoms with Crippen molar-refractivity contribution in [2.75, 3.05) is 18.6 Å². The predicted molar refractivity (Wildman–Crippen MR) is 123 cm³/mol. The first-order valence-electron chi connectivity index (χ1n) is 10.4. The van der Waals surface area contributed by atoms with Crippen LogP contribution in [0.5, 0.6) is 5.75 Å². The molecule has 1 heterocycles. The molecular weight excluding hydrogens is 404 g/mol. The van der Waals surface area contributed by atoms with E-state index in [-0.39, 0.29) is 18.2 Å². The van der Waals surface area contributed by atoms with Crippen molar-refractivity contribution >= 4 is 28.9 Å². The number of amides is 2. The summed E-state index contributed by atoms with van der Waals surface area (Å²) in [5, 5.41) is 11.6. The summed E-state index contributed by atoms with van der Waals surface area (Å²) in [7, 11) is 1.63. The zero-order chi connectivity index (χ0) is 22.3. The number of benzene rings is 3. The van der Waals surface area contributed by atoms with Crippen molar-refractivity contribution in [1.82, 2.24) is 5.32 Å². The first-order chi connectivity index (χ1) is 15.6. The molecule has 162 valence electrons. The molecule has 1 N–H and O–H groups in total. The van der Waals surface area contributed by atoms with Crippen LogP contribution in [0.2, 0.25) is 0 Å². The second-order valence-corrected chi connectivity index (χ2v) is 7.43. The molecule has 1 aliphatic rings. The highest BCUT2D eigenvalue weighted by atomic mass is 16.5. The second kappa shape index (κ2) is 9.98. The number of anilines is 1. The molecule has 7 nitrogen and oxygen atoms in total. The van der Waals surface area contributed by atoms with E-state index < -0.39 is 6.04 Å². The Morgan fingerprint density at radius 1 is 0.906 bits per heavy atom. The maximum absolute atomic E-state index is 12.8. The molecule has 3 aromatic rings. The van der Waals surface area contributed by atoms with Gasteiger partial charge in [0.25, 0.3) is 5.91 Å². The van der Waals surface area contributed by atoms with Gasteiger partial charge in [-0.3, -0.25) is 9.59 Å². The third kappa shape index (κ3) is 5.07. The summed E-state index contributed by atoms with van der Waals surface area (Å²) >= 11 is 0. The number of carbonyl (C=O) groups excluding carboxylic acids is 2. The van der Waals surface area contributed by atoms with Crippen LogP contribution in [-0.2, 0) is 16.0 Å². The van der Waals surface area contributed by atoms with Gasteiger partial charge in [0.05, 0.1) is 36.6 Å². The Hall–Kier alpha value is -3.84. The van der Waals surface area contributed by atoms with Crippen LogP contribution in [-0.4, -0.2) is 31.5 Å². The van der Waals surface area contributed by atoms with Gasteiger partial charge in [-0.1, -0.05) is 30.3 Å². The maximum Gasteiger partial charge on any atom is 0.251 e. The lowest BCUT2D eigenvalue weighted by molar-refractivity contribution is -0.121. The Morgan fingerprint density at radius 2 is 1.56 bits per heavy atom. The number of azo groups is 1. The van der Waals surface area contributed by atoms with Crippen molar-refractivity contribution < 1.29 is 14.3 Å².